The number of hydrogen-bond acceptors (Lipinski definition) is 4. The van der Waals surface area contributed by atoms with Gasteiger partial charge in [-0.15, -0.1) is 0 Å². The molecule has 2 aromatic rings. The summed E-state index contributed by atoms with van der Waals surface area (Å²) in [6.07, 6.45) is 1.31. The second-order valence-corrected chi connectivity index (χ2v) is 5.02. The fraction of sp³-hybridized carbons (Fsp3) is 0.375. The summed E-state index contributed by atoms with van der Waals surface area (Å²) < 4.78 is 18.6. The quantitative estimate of drug-likeness (QED) is 0.919. The molecular formula is C16H20FN3O. The van der Waals surface area contributed by atoms with Crippen LogP contribution in [-0.2, 0) is 12.8 Å². The molecule has 21 heavy (non-hydrogen) atoms. The van der Waals surface area contributed by atoms with Crippen molar-refractivity contribution in [2.75, 3.05) is 7.11 Å². The Morgan fingerprint density at radius 1 is 1.29 bits per heavy atom. The molecule has 0 radical (unpaired) electrons. The second kappa shape index (κ2) is 6.63. The number of rotatable bonds is 5. The highest BCUT2D eigenvalue weighted by atomic mass is 19.1. The van der Waals surface area contributed by atoms with E-state index in [4.69, 9.17) is 10.5 Å². The van der Waals surface area contributed by atoms with Crippen LogP contribution in [0.3, 0.4) is 0 Å². The number of hydrogen-bond donors (Lipinski definition) is 1. The summed E-state index contributed by atoms with van der Waals surface area (Å²) in [5.41, 5.74) is 9.80. The van der Waals surface area contributed by atoms with Crippen LogP contribution in [0.25, 0.3) is 0 Å². The topological polar surface area (TPSA) is 61.0 Å². The van der Waals surface area contributed by atoms with Crippen molar-refractivity contribution in [1.82, 2.24) is 10.2 Å². The average molecular weight is 289 g/mol. The van der Waals surface area contributed by atoms with Gasteiger partial charge >= 0.3 is 0 Å². The maximum Gasteiger partial charge on any atom is 0.165 e. The predicted octanol–water partition coefficient (Wildman–Crippen LogP) is 2.74. The zero-order chi connectivity index (χ0) is 15.4. The van der Waals surface area contributed by atoms with E-state index in [0.29, 0.717) is 6.42 Å². The monoisotopic (exact) mass is 289 g/mol. The Hall–Kier alpha value is -2.01. The lowest BCUT2D eigenvalue weighted by Crippen LogP contribution is -2.17. The standard InChI is InChI=1S/C16H20FN3O/c1-4-15-12(7-10(2)19-20-15)14(18)9-11-5-6-16(21-3)13(17)8-11/h5-8,14H,4,9,18H2,1-3H3. The van der Waals surface area contributed by atoms with Crippen molar-refractivity contribution in [2.24, 2.45) is 5.73 Å². The van der Waals surface area contributed by atoms with Gasteiger partial charge in [0.1, 0.15) is 0 Å². The van der Waals surface area contributed by atoms with Gasteiger partial charge in [-0.1, -0.05) is 13.0 Å². The van der Waals surface area contributed by atoms with Gasteiger partial charge in [0.05, 0.1) is 18.5 Å². The summed E-state index contributed by atoms with van der Waals surface area (Å²) in [6.45, 7) is 3.90. The molecular weight excluding hydrogens is 269 g/mol. The molecule has 1 atom stereocenters. The molecule has 0 spiro atoms. The number of halogens is 1. The van der Waals surface area contributed by atoms with E-state index in [9.17, 15) is 4.39 Å². The molecule has 4 nitrogen and oxygen atoms in total. The number of aromatic nitrogens is 2. The smallest absolute Gasteiger partial charge is 0.165 e. The number of aryl methyl sites for hydroxylation is 2. The van der Waals surface area contributed by atoms with E-state index in [0.717, 1.165) is 28.9 Å². The molecule has 0 saturated heterocycles. The minimum Gasteiger partial charge on any atom is -0.494 e. The number of nitrogens with two attached hydrogens (primary N) is 1. The van der Waals surface area contributed by atoms with E-state index in [-0.39, 0.29) is 17.6 Å². The van der Waals surface area contributed by atoms with Crippen LogP contribution in [0.15, 0.2) is 24.3 Å². The summed E-state index contributed by atoms with van der Waals surface area (Å²) in [4.78, 5) is 0. The predicted molar refractivity (Wildman–Crippen MR) is 79.7 cm³/mol. The van der Waals surface area contributed by atoms with Crippen molar-refractivity contribution in [3.63, 3.8) is 0 Å². The molecule has 1 unspecified atom stereocenters. The Labute approximate surface area is 124 Å². The number of ether oxygens (including phenoxy) is 1. The summed E-state index contributed by atoms with van der Waals surface area (Å²) in [7, 11) is 1.45. The Bertz CT molecular complexity index is 631. The zero-order valence-electron chi connectivity index (χ0n) is 12.6. The number of benzene rings is 1. The molecule has 2 rings (SSSR count). The van der Waals surface area contributed by atoms with Gasteiger partial charge in [-0.3, -0.25) is 0 Å². The van der Waals surface area contributed by atoms with Gasteiger partial charge in [0.25, 0.3) is 0 Å². The SMILES string of the molecule is CCc1nnc(C)cc1C(N)Cc1ccc(OC)c(F)c1. The summed E-state index contributed by atoms with van der Waals surface area (Å²) >= 11 is 0. The van der Waals surface area contributed by atoms with Gasteiger partial charge in [0, 0.05) is 6.04 Å². The fourth-order valence-electron chi connectivity index (χ4n) is 2.33. The first-order chi connectivity index (χ1) is 10.0. The Morgan fingerprint density at radius 3 is 2.67 bits per heavy atom. The van der Waals surface area contributed by atoms with E-state index in [1.54, 1.807) is 6.07 Å². The molecule has 0 aliphatic carbocycles. The first-order valence-corrected chi connectivity index (χ1v) is 6.96. The van der Waals surface area contributed by atoms with Gasteiger partial charge in [0.15, 0.2) is 11.6 Å². The molecule has 0 aliphatic rings. The zero-order valence-corrected chi connectivity index (χ0v) is 12.6. The number of nitrogens with zero attached hydrogens (tertiary/aromatic N) is 2. The Morgan fingerprint density at radius 2 is 2.05 bits per heavy atom. The highest BCUT2D eigenvalue weighted by Gasteiger charge is 2.14. The molecule has 112 valence electrons. The van der Waals surface area contributed by atoms with Crippen molar-refractivity contribution in [1.29, 1.82) is 0 Å². The van der Waals surface area contributed by atoms with Crippen LogP contribution in [0, 0.1) is 12.7 Å². The molecule has 0 aliphatic heterocycles. The molecule has 5 heteroatoms. The average Bonchev–Trinajstić information content (AvgIpc) is 2.47. The van der Waals surface area contributed by atoms with Crippen molar-refractivity contribution in [3.8, 4) is 5.75 Å². The molecule has 1 aromatic carbocycles. The van der Waals surface area contributed by atoms with Gasteiger partial charge in [-0.05, 0) is 49.1 Å². The third kappa shape index (κ3) is 3.55. The molecule has 1 aromatic heterocycles. The van der Waals surface area contributed by atoms with E-state index in [2.05, 4.69) is 10.2 Å². The van der Waals surface area contributed by atoms with Crippen molar-refractivity contribution < 1.29 is 9.13 Å². The minimum absolute atomic E-state index is 0.234. The van der Waals surface area contributed by atoms with E-state index in [1.165, 1.54) is 13.2 Å². The first-order valence-electron chi connectivity index (χ1n) is 6.96. The maximum absolute atomic E-state index is 13.7. The minimum atomic E-state index is -0.373. The lowest BCUT2D eigenvalue weighted by atomic mass is 9.97. The molecule has 0 amide bonds. The summed E-state index contributed by atoms with van der Waals surface area (Å²) in [5.74, 6) is -0.134. The van der Waals surface area contributed by atoms with Crippen molar-refractivity contribution in [3.05, 3.63) is 52.6 Å². The Balaban J connectivity index is 2.23. The van der Waals surface area contributed by atoms with Gasteiger partial charge in [-0.2, -0.15) is 10.2 Å². The molecule has 0 saturated carbocycles. The van der Waals surface area contributed by atoms with Crippen LogP contribution in [0.1, 0.15) is 35.5 Å². The van der Waals surface area contributed by atoms with E-state index < -0.39 is 0 Å². The molecule has 2 N–H and O–H groups in total. The van der Waals surface area contributed by atoms with Crippen molar-refractivity contribution >= 4 is 0 Å². The highest BCUT2D eigenvalue weighted by molar-refractivity contribution is 5.32. The lowest BCUT2D eigenvalue weighted by molar-refractivity contribution is 0.386. The summed E-state index contributed by atoms with van der Waals surface area (Å²) in [6, 6.07) is 6.63. The first kappa shape index (κ1) is 15.4. The molecule has 1 heterocycles. The molecule has 0 bridgehead atoms. The van der Waals surface area contributed by atoms with Gasteiger partial charge in [-0.25, -0.2) is 4.39 Å². The maximum atomic E-state index is 13.7. The normalized spacial score (nSPS) is 12.2. The van der Waals surface area contributed by atoms with Crippen LogP contribution in [0.4, 0.5) is 4.39 Å². The Kier molecular flexibility index (Phi) is 4.85. The second-order valence-electron chi connectivity index (χ2n) is 5.02. The summed E-state index contributed by atoms with van der Waals surface area (Å²) in [5, 5.41) is 8.24. The largest absolute Gasteiger partial charge is 0.494 e. The van der Waals surface area contributed by atoms with Crippen LogP contribution in [-0.4, -0.2) is 17.3 Å². The third-order valence-corrected chi connectivity index (χ3v) is 3.43. The lowest BCUT2D eigenvalue weighted by Gasteiger charge is -2.16. The van der Waals surface area contributed by atoms with E-state index >= 15 is 0 Å². The van der Waals surface area contributed by atoms with E-state index in [1.807, 2.05) is 26.0 Å². The van der Waals surface area contributed by atoms with Crippen molar-refractivity contribution in [2.45, 2.75) is 32.7 Å². The van der Waals surface area contributed by atoms with Crippen LogP contribution >= 0.6 is 0 Å². The third-order valence-electron chi connectivity index (χ3n) is 3.43. The van der Waals surface area contributed by atoms with Gasteiger partial charge in [0.2, 0.25) is 0 Å². The number of methoxy groups -OCH3 is 1. The molecule has 0 fully saturated rings. The van der Waals surface area contributed by atoms with Crippen LogP contribution in [0.5, 0.6) is 5.75 Å². The fourth-order valence-corrected chi connectivity index (χ4v) is 2.33. The van der Waals surface area contributed by atoms with Gasteiger partial charge < -0.3 is 10.5 Å². The van der Waals surface area contributed by atoms with Crippen LogP contribution < -0.4 is 10.5 Å². The van der Waals surface area contributed by atoms with Crippen LogP contribution in [0.2, 0.25) is 0 Å². The highest BCUT2D eigenvalue weighted by Crippen LogP contribution is 2.23.